The van der Waals surface area contributed by atoms with E-state index in [9.17, 15) is 4.79 Å². The van der Waals surface area contributed by atoms with E-state index in [1.807, 2.05) is 30.3 Å². The largest absolute Gasteiger partial charge is 0.355 e. The lowest BCUT2D eigenvalue weighted by atomic mass is 9.86. The Morgan fingerprint density at radius 3 is 2.71 bits per heavy atom. The van der Waals surface area contributed by atoms with Crippen LogP contribution >= 0.6 is 0 Å². The van der Waals surface area contributed by atoms with E-state index < -0.39 is 6.04 Å². The lowest BCUT2D eigenvalue weighted by Crippen LogP contribution is -2.42. The molecule has 1 aromatic carbocycles. The van der Waals surface area contributed by atoms with Crippen molar-refractivity contribution in [2.45, 2.75) is 44.6 Å². The molecule has 2 aliphatic rings. The van der Waals surface area contributed by atoms with Crippen molar-refractivity contribution in [3.63, 3.8) is 0 Å². The molecule has 1 aromatic rings. The quantitative estimate of drug-likeness (QED) is 0.844. The average Bonchev–Trinajstić information content (AvgIpc) is 3.11. The molecule has 3 rings (SSSR count). The predicted octanol–water partition coefficient (Wildman–Crippen LogP) is 2.50. The number of hydrogen-bond donors (Lipinski definition) is 2. The standard InChI is InChI=1S/C18H26N2O/c19-17(12-13-4-2-1-3-5-13)18(21)20-9-8-16-11-14-6-7-15(16)10-14/h1-5,14-17H,6-12,19H2,(H,20,21)/t14?,15?,16?,17-/m0/s1. The minimum absolute atomic E-state index is 0.0120. The topological polar surface area (TPSA) is 55.1 Å². The van der Waals surface area contributed by atoms with Gasteiger partial charge in [0.25, 0.3) is 0 Å². The van der Waals surface area contributed by atoms with Crippen molar-refractivity contribution in [2.24, 2.45) is 23.5 Å². The van der Waals surface area contributed by atoms with Crippen molar-refractivity contribution >= 4 is 5.91 Å². The molecule has 3 heteroatoms. The van der Waals surface area contributed by atoms with Crippen LogP contribution in [0.4, 0.5) is 0 Å². The van der Waals surface area contributed by atoms with Gasteiger partial charge >= 0.3 is 0 Å². The summed E-state index contributed by atoms with van der Waals surface area (Å²) in [4.78, 5) is 12.0. The Kier molecular flexibility index (Phi) is 4.59. The second-order valence-corrected chi connectivity index (χ2v) is 6.81. The normalized spacial score (nSPS) is 28.5. The van der Waals surface area contributed by atoms with Crippen LogP contribution in [0.15, 0.2) is 30.3 Å². The minimum Gasteiger partial charge on any atom is -0.355 e. The molecule has 3 N–H and O–H groups in total. The maximum absolute atomic E-state index is 12.0. The third kappa shape index (κ3) is 3.65. The van der Waals surface area contributed by atoms with E-state index in [0.717, 1.165) is 36.3 Å². The van der Waals surface area contributed by atoms with Gasteiger partial charge in [-0.25, -0.2) is 0 Å². The van der Waals surface area contributed by atoms with Crippen LogP contribution < -0.4 is 11.1 Å². The first-order valence-electron chi connectivity index (χ1n) is 8.29. The number of nitrogens with two attached hydrogens (primary N) is 1. The number of nitrogens with one attached hydrogen (secondary N) is 1. The van der Waals surface area contributed by atoms with Gasteiger partial charge < -0.3 is 11.1 Å². The molecule has 0 spiro atoms. The highest BCUT2D eigenvalue weighted by molar-refractivity contribution is 5.81. The van der Waals surface area contributed by atoms with Crippen molar-refractivity contribution in [3.05, 3.63) is 35.9 Å². The molecule has 4 atom stereocenters. The summed E-state index contributed by atoms with van der Waals surface area (Å²) >= 11 is 0. The molecular formula is C18H26N2O. The monoisotopic (exact) mass is 286 g/mol. The summed E-state index contributed by atoms with van der Waals surface area (Å²) in [6.07, 6.45) is 7.42. The second-order valence-electron chi connectivity index (χ2n) is 6.81. The molecule has 2 bridgehead atoms. The van der Waals surface area contributed by atoms with Crippen LogP contribution in [0.5, 0.6) is 0 Å². The van der Waals surface area contributed by atoms with Crippen molar-refractivity contribution in [2.75, 3.05) is 6.54 Å². The maximum atomic E-state index is 12.0. The summed E-state index contributed by atoms with van der Waals surface area (Å²) < 4.78 is 0. The van der Waals surface area contributed by atoms with Gasteiger partial charge in [-0.15, -0.1) is 0 Å². The van der Waals surface area contributed by atoms with Gasteiger partial charge in [-0.2, -0.15) is 0 Å². The van der Waals surface area contributed by atoms with Gasteiger partial charge in [0.05, 0.1) is 6.04 Å². The fourth-order valence-corrected chi connectivity index (χ4v) is 4.20. The van der Waals surface area contributed by atoms with Gasteiger partial charge in [-0.05, 0) is 55.4 Å². The fourth-order valence-electron chi connectivity index (χ4n) is 4.20. The Morgan fingerprint density at radius 1 is 1.24 bits per heavy atom. The van der Waals surface area contributed by atoms with E-state index in [0.29, 0.717) is 6.42 Å². The van der Waals surface area contributed by atoms with Gasteiger partial charge in [-0.3, -0.25) is 4.79 Å². The van der Waals surface area contributed by atoms with E-state index >= 15 is 0 Å². The highest BCUT2D eigenvalue weighted by Crippen LogP contribution is 2.49. The van der Waals surface area contributed by atoms with E-state index in [2.05, 4.69) is 5.32 Å². The first-order valence-corrected chi connectivity index (χ1v) is 8.29. The first kappa shape index (κ1) is 14.6. The SMILES string of the molecule is N[C@@H](Cc1ccccc1)C(=O)NCCC1CC2CCC1C2. The molecule has 3 unspecified atom stereocenters. The summed E-state index contributed by atoms with van der Waals surface area (Å²) in [7, 11) is 0. The van der Waals surface area contributed by atoms with Crippen LogP contribution in [-0.2, 0) is 11.2 Å². The number of carbonyl (C=O) groups excluding carboxylic acids is 1. The number of hydrogen-bond acceptors (Lipinski definition) is 2. The van der Waals surface area contributed by atoms with Crippen LogP contribution in [0.2, 0.25) is 0 Å². The van der Waals surface area contributed by atoms with Crippen molar-refractivity contribution < 1.29 is 4.79 Å². The molecule has 2 aliphatic carbocycles. The molecule has 2 saturated carbocycles. The molecular weight excluding hydrogens is 260 g/mol. The molecule has 0 aromatic heterocycles. The molecule has 21 heavy (non-hydrogen) atoms. The molecule has 0 heterocycles. The fraction of sp³-hybridized carbons (Fsp3) is 0.611. The molecule has 0 saturated heterocycles. The predicted molar refractivity (Wildman–Crippen MR) is 84.7 cm³/mol. The molecule has 0 radical (unpaired) electrons. The van der Waals surface area contributed by atoms with E-state index in [-0.39, 0.29) is 5.91 Å². The zero-order valence-corrected chi connectivity index (χ0v) is 12.6. The summed E-state index contributed by atoms with van der Waals surface area (Å²) in [6.45, 7) is 0.787. The molecule has 3 nitrogen and oxygen atoms in total. The average molecular weight is 286 g/mol. The second kappa shape index (κ2) is 6.61. The maximum Gasteiger partial charge on any atom is 0.237 e. The van der Waals surface area contributed by atoms with Gasteiger partial charge in [0.2, 0.25) is 5.91 Å². The zero-order chi connectivity index (χ0) is 14.7. The summed E-state index contributed by atoms with van der Waals surface area (Å²) in [5.41, 5.74) is 7.11. The molecule has 1 amide bonds. The van der Waals surface area contributed by atoms with Crippen molar-refractivity contribution in [3.8, 4) is 0 Å². The highest BCUT2D eigenvalue weighted by atomic mass is 16.2. The third-order valence-electron chi connectivity index (χ3n) is 5.33. The Morgan fingerprint density at radius 2 is 2.05 bits per heavy atom. The van der Waals surface area contributed by atoms with Crippen molar-refractivity contribution in [1.29, 1.82) is 0 Å². The van der Waals surface area contributed by atoms with Crippen LogP contribution in [-0.4, -0.2) is 18.5 Å². The van der Waals surface area contributed by atoms with E-state index in [4.69, 9.17) is 5.73 Å². The molecule has 114 valence electrons. The number of carbonyl (C=O) groups is 1. The van der Waals surface area contributed by atoms with Crippen LogP contribution in [0.3, 0.4) is 0 Å². The summed E-state index contributed by atoms with van der Waals surface area (Å²) in [5.74, 6) is 2.75. The number of benzene rings is 1. The Bertz CT molecular complexity index is 473. The van der Waals surface area contributed by atoms with Crippen molar-refractivity contribution in [1.82, 2.24) is 5.32 Å². The number of fused-ring (bicyclic) bond motifs is 2. The Balaban J connectivity index is 1.38. The zero-order valence-electron chi connectivity index (χ0n) is 12.6. The van der Waals surface area contributed by atoms with Crippen LogP contribution in [0, 0.1) is 17.8 Å². The van der Waals surface area contributed by atoms with E-state index in [1.54, 1.807) is 0 Å². The van der Waals surface area contributed by atoms with Gasteiger partial charge in [0.1, 0.15) is 0 Å². The lowest BCUT2D eigenvalue weighted by molar-refractivity contribution is -0.122. The highest BCUT2D eigenvalue weighted by Gasteiger charge is 2.38. The Hall–Kier alpha value is -1.35. The molecule has 2 fully saturated rings. The first-order chi connectivity index (χ1) is 10.2. The lowest BCUT2D eigenvalue weighted by Gasteiger charge is -2.22. The van der Waals surface area contributed by atoms with Crippen LogP contribution in [0.25, 0.3) is 0 Å². The number of amides is 1. The smallest absolute Gasteiger partial charge is 0.237 e. The number of rotatable bonds is 6. The Labute approximate surface area is 127 Å². The van der Waals surface area contributed by atoms with Gasteiger partial charge in [0, 0.05) is 6.54 Å². The molecule has 0 aliphatic heterocycles. The van der Waals surface area contributed by atoms with Crippen LogP contribution in [0.1, 0.15) is 37.7 Å². The summed E-state index contributed by atoms with van der Waals surface area (Å²) in [5, 5.41) is 3.03. The summed E-state index contributed by atoms with van der Waals surface area (Å²) in [6, 6.07) is 9.53. The van der Waals surface area contributed by atoms with Gasteiger partial charge in [-0.1, -0.05) is 36.8 Å². The van der Waals surface area contributed by atoms with E-state index in [1.165, 1.54) is 25.7 Å². The minimum atomic E-state index is -0.438. The van der Waals surface area contributed by atoms with Gasteiger partial charge in [0.15, 0.2) is 0 Å². The third-order valence-corrected chi connectivity index (χ3v) is 5.33.